The van der Waals surface area contributed by atoms with E-state index in [1.54, 1.807) is 37.4 Å². The zero-order chi connectivity index (χ0) is 21.8. The number of sulfone groups is 1. The van der Waals surface area contributed by atoms with Crippen LogP contribution in [-0.4, -0.2) is 33.7 Å². The second-order valence-corrected chi connectivity index (χ2v) is 9.03. The first-order chi connectivity index (χ1) is 15.0. The molecule has 6 nitrogen and oxygen atoms in total. The maximum absolute atomic E-state index is 13.0. The van der Waals surface area contributed by atoms with E-state index in [0.29, 0.717) is 16.9 Å². The predicted molar refractivity (Wildman–Crippen MR) is 119 cm³/mol. The van der Waals surface area contributed by atoms with E-state index in [9.17, 15) is 13.2 Å². The molecule has 0 aliphatic heterocycles. The molecule has 0 unspecified atom stereocenters. The zero-order valence-corrected chi connectivity index (χ0v) is 17.7. The highest BCUT2D eigenvalue weighted by Crippen LogP contribution is 2.36. The lowest BCUT2D eigenvalue weighted by Gasteiger charge is -2.07. The van der Waals surface area contributed by atoms with Crippen LogP contribution >= 0.6 is 0 Å². The highest BCUT2D eigenvalue weighted by Gasteiger charge is 2.23. The summed E-state index contributed by atoms with van der Waals surface area (Å²) in [6.07, 6.45) is 0. The molecule has 0 fully saturated rings. The molecule has 1 aromatic heterocycles. The van der Waals surface area contributed by atoms with Crippen molar-refractivity contribution < 1.29 is 22.4 Å². The Bertz CT molecular complexity index is 1310. The van der Waals surface area contributed by atoms with Gasteiger partial charge in [0.2, 0.25) is 5.76 Å². The monoisotopic (exact) mass is 435 g/mol. The van der Waals surface area contributed by atoms with Crippen molar-refractivity contribution >= 4 is 26.7 Å². The number of fused-ring (bicyclic) bond motifs is 1. The largest absolute Gasteiger partial charge is 0.497 e. The number of hydrogen-bond donors (Lipinski definition) is 1. The lowest BCUT2D eigenvalue weighted by molar-refractivity contribution is 0.0931. The van der Waals surface area contributed by atoms with Gasteiger partial charge in [-0.2, -0.15) is 0 Å². The Morgan fingerprint density at radius 2 is 1.65 bits per heavy atom. The number of carbonyl (C=O) groups excluding carboxylic acids is 1. The minimum absolute atomic E-state index is 0.0370. The van der Waals surface area contributed by atoms with Gasteiger partial charge in [-0.05, 0) is 29.8 Å². The highest BCUT2D eigenvalue weighted by atomic mass is 32.2. The molecule has 158 valence electrons. The number of carbonyl (C=O) groups is 1. The molecule has 7 heteroatoms. The van der Waals surface area contributed by atoms with E-state index in [-0.39, 0.29) is 23.0 Å². The molecule has 0 atom stereocenters. The van der Waals surface area contributed by atoms with Crippen LogP contribution in [0.25, 0.3) is 22.1 Å². The zero-order valence-electron chi connectivity index (χ0n) is 16.9. The quantitative estimate of drug-likeness (QED) is 0.467. The molecule has 0 radical (unpaired) electrons. The normalized spacial score (nSPS) is 11.4. The highest BCUT2D eigenvalue weighted by molar-refractivity contribution is 7.91. The molecular weight excluding hydrogens is 414 g/mol. The van der Waals surface area contributed by atoms with E-state index in [4.69, 9.17) is 9.15 Å². The van der Waals surface area contributed by atoms with E-state index in [1.807, 2.05) is 36.4 Å². The van der Waals surface area contributed by atoms with Crippen LogP contribution in [0.15, 0.2) is 88.2 Å². The molecular formula is C24H21NO5S. The Labute approximate surface area is 180 Å². The van der Waals surface area contributed by atoms with Crippen molar-refractivity contribution in [3.63, 3.8) is 0 Å². The van der Waals surface area contributed by atoms with E-state index < -0.39 is 15.7 Å². The molecule has 0 bridgehead atoms. The Hall–Kier alpha value is -3.58. The van der Waals surface area contributed by atoms with Crippen molar-refractivity contribution in [3.8, 4) is 16.9 Å². The molecule has 0 spiro atoms. The third-order valence-corrected chi connectivity index (χ3v) is 6.66. The second kappa shape index (κ2) is 8.65. The van der Waals surface area contributed by atoms with Crippen molar-refractivity contribution in [2.24, 2.45) is 0 Å². The van der Waals surface area contributed by atoms with Crippen LogP contribution in [0.5, 0.6) is 5.75 Å². The maximum Gasteiger partial charge on any atom is 0.287 e. The van der Waals surface area contributed by atoms with Gasteiger partial charge in [-0.15, -0.1) is 0 Å². The molecule has 1 heterocycles. The lowest BCUT2D eigenvalue weighted by atomic mass is 10.0. The first-order valence-electron chi connectivity index (χ1n) is 9.71. The Morgan fingerprint density at radius 3 is 2.32 bits per heavy atom. The van der Waals surface area contributed by atoms with E-state index >= 15 is 0 Å². The van der Waals surface area contributed by atoms with Crippen LogP contribution in [-0.2, 0) is 9.84 Å². The predicted octanol–water partition coefficient (Wildman–Crippen LogP) is 4.31. The Morgan fingerprint density at radius 1 is 0.968 bits per heavy atom. The minimum Gasteiger partial charge on any atom is -0.497 e. The van der Waals surface area contributed by atoms with Gasteiger partial charge in [-0.3, -0.25) is 4.79 Å². The van der Waals surface area contributed by atoms with Gasteiger partial charge in [-0.25, -0.2) is 8.42 Å². The Balaban J connectivity index is 1.62. The fraction of sp³-hybridized carbons (Fsp3) is 0.125. The maximum atomic E-state index is 13.0. The summed E-state index contributed by atoms with van der Waals surface area (Å²) in [4.78, 5) is 13.2. The number of benzene rings is 3. The SMILES string of the molecule is COc1ccc2c(-c3ccccc3)c(C(=O)NCCS(=O)(=O)c3ccccc3)oc2c1. The minimum atomic E-state index is -3.50. The van der Waals surface area contributed by atoms with E-state index in [2.05, 4.69) is 5.32 Å². The fourth-order valence-electron chi connectivity index (χ4n) is 3.38. The molecule has 4 rings (SSSR count). The first-order valence-corrected chi connectivity index (χ1v) is 11.4. The van der Waals surface area contributed by atoms with Gasteiger partial charge in [0.25, 0.3) is 5.91 Å². The number of nitrogens with one attached hydrogen (secondary N) is 1. The van der Waals surface area contributed by atoms with Crippen molar-refractivity contribution in [1.82, 2.24) is 5.32 Å². The van der Waals surface area contributed by atoms with Gasteiger partial charge in [0.1, 0.15) is 11.3 Å². The first kappa shape index (κ1) is 20.7. The average Bonchev–Trinajstić information content (AvgIpc) is 3.19. The lowest BCUT2D eigenvalue weighted by Crippen LogP contribution is -2.29. The fourth-order valence-corrected chi connectivity index (χ4v) is 4.56. The van der Waals surface area contributed by atoms with Gasteiger partial charge in [0.15, 0.2) is 9.84 Å². The molecule has 31 heavy (non-hydrogen) atoms. The van der Waals surface area contributed by atoms with E-state index in [1.165, 1.54) is 12.1 Å². The van der Waals surface area contributed by atoms with Gasteiger partial charge in [0.05, 0.1) is 17.8 Å². The number of rotatable bonds is 7. The summed E-state index contributed by atoms with van der Waals surface area (Å²) in [5, 5.41) is 3.45. The molecule has 0 saturated carbocycles. The van der Waals surface area contributed by atoms with Crippen LogP contribution in [0.3, 0.4) is 0 Å². The van der Waals surface area contributed by atoms with Crippen molar-refractivity contribution in [3.05, 3.63) is 84.6 Å². The average molecular weight is 436 g/mol. The van der Waals surface area contributed by atoms with Gasteiger partial charge in [-0.1, -0.05) is 48.5 Å². The number of furan rings is 1. The van der Waals surface area contributed by atoms with Crippen molar-refractivity contribution in [2.45, 2.75) is 4.90 Å². The third kappa shape index (κ3) is 4.32. The van der Waals surface area contributed by atoms with Gasteiger partial charge >= 0.3 is 0 Å². The molecule has 0 aliphatic rings. The molecule has 4 aromatic rings. The van der Waals surface area contributed by atoms with Crippen LogP contribution in [0.2, 0.25) is 0 Å². The molecule has 0 saturated heterocycles. The van der Waals surface area contributed by atoms with Crippen LogP contribution in [0.4, 0.5) is 0 Å². The summed E-state index contributed by atoms with van der Waals surface area (Å²) in [5.41, 5.74) is 2.00. The second-order valence-electron chi connectivity index (χ2n) is 6.92. The standard InChI is InChI=1S/C24H21NO5S/c1-29-18-12-13-20-21(16-18)30-23(22(20)17-8-4-2-5-9-17)24(26)25-14-15-31(27,28)19-10-6-3-7-11-19/h2-13,16H,14-15H2,1H3,(H,25,26). The van der Waals surface area contributed by atoms with Crippen LogP contribution < -0.4 is 10.1 Å². The number of amides is 1. The molecule has 0 aliphatic carbocycles. The topological polar surface area (TPSA) is 85.6 Å². The summed E-state index contributed by atoms with van der Waals surface area (Å²) in [5.74, 6) is 0.0583. The molecule has 1 amide bonds. The van der Waals surface area contributed by atoms with Crippen LogP contribution in [0, 0.1) is 0 Å². The molecule has 3 aromatic carbocycles. The van der Waals surface area contributed by atoms with Crippen LogP contribution in [0.1, 0.15) is 10.6 Å². The van der Waals surface area contributed by atoms with E-state index in [0.717, 1.165) is 10.9 Å². The summed E-state index contributed by atoms with van der Waals surface area (Å²) >= 11 is 0. The summed E-state index contributed by atoms with van der Waals surface area (Å²) < 4.78 is 36.1. The number of methoxy groups -OCH3 is 1. The van der Waals surface area contributed by atoms with Gasteiger partial charge in [0, 0.05) is 23.6 Å². The molecule has 1 N–H and O–H groups in total. The summed E-state index contributed by atoms with van der Waals surface area (Å²) in [6.45, 7) is -0.0370. The smallest absolute Gasteiger partial charge is 0.287 e. The number of hydrogen-bond acceptors (Lipinski definition) is 5. The van der Waals surface area contributed by atoms with Gasteiger partial charge < -0.3 is 14.5 Å². The number of ether oxygens (including phenoxy) is 1. The Kier molecular flexibility index (Phi) is 5.77. The third-order valence-electron chi connectivity index (χ3n) is 4.92. The summed E-state index contributed by atoms with van der Waals surface area (Å²) in [7, 11) is -1.94. The van der Waals surface area contributed by atoms with Crippen molar-refractivity contribution in [2.75, 3.05) is 19.4 Å². The summed E-state index contributed by atoms with van der Waals surface area (Å²) in [6, 6.07) is 23.0. The van der Waals surface area contributed by atoms with Crippen molar-refractivity contribution in [1.29, 1.82) is 0 Å².